The third-order valence-corrected chi connectivity index (χ3v) is 5.70. The molecule has 1 aliphatic heterocycles. The van der Waals surface area contributed by atoms with Crippen LogP contribution < -0.4 is 5.32 Å². The Bertz CT molecular complexity index is 1170. The maximum atomic E-state index is 14.7. The second-order valence-corrected chi connectivity index (χ2v) is 8.02. The molecule has 1 fully saturated rings. The number of halogens is 7. The van der Waals surface area contributed by atoms with Crippen LogP contribution in [0.25, 0.3) is 16.8 Å². The third-order valence-electron chi connectivity index (χ3n) is 5.70. The van der Waals surface area contributed by atoms with E-state index < -0.39 is 40.6 Å². The molecule has 2 aromatic heterocycles. The van der Waals surface area contributed by atoms with Gasteiger partial charge >= 0.3 is 12.4 Å². The lowest BCUT2D eigenvalue weighted by atomic mass is 10.00. The lowest BCUT2D eigenvalue weighted by Gasteiger charge is -2.32. The van der Waals surface area contributed by atoms with Crippen molar-refractivity contribution in [2.75, 3.05) is 31.6 Å². The number of benzene rings is 1. The van der Waals surface area contributed by atoms with Gasteiger partial charge in [0.15, 0.2) is 5.82 Å². The Morgan fingerprint density at radius 1 is 1.06 bits per heavy atom. The van der Waals surface area contributed by atoms with Gasteiger partial charge in [0.2, 0.25) is 5.95 Å². The zero-order chi connectivity index (χ0) is 24.7. The highest BCUT2D eigenvalue weighted by Crippen LogP contribution is 2.41. The molecule has 34 heavy (non-hydrogen) atoms. The molecule has 184 valence electrons. The van der Waals surface area contributed by atoms with Gasteiger partial charge in [-0.05, 0) is 37.6 Å². The number of piperidine rings is 1. The van der Waals surface area contributed by atoms with Crippen molar-refractivity contribution >= 4 is 11.5 Å². The van der Waals surface area contributed by atoms with Crippen LogP contribution in [0.2, 0.25) is 0 Å². The Balaban J connectivity index is 1.77. The van der Waals surface area contributed by atoms with E-state index in [0.717, 1.165) is 25.5 Å². The summed E-state index contributed by atoms with van der Waals surface area (Å²) in [5, 5.41) is 20.0. The predicted molar refractivity (Wildman–Crippen MR) is 109 cm³/mol. The van der Waals surface area contributed by atoms with Gasteiger partial charge in [0, 0.05) is 30.9 Å². The number of aromatic nitrogens is 3. The van der Waals surface area contributed by atoms with Crippen molar-refractivity contribution in [1.82, 2.24) is 19.5 Å². The van der Waals surface area contributed by atoms with Gasteiger partial charge in [0.1, 0.15) is 11.2 Å². The van der Waals surface area contributed by atoms with E-state index in [1.807, 2.05) is 4.90 Å². The molecule has 0 amide bonds. The summed E-state index contributed by atoms with van der Waals surface area (Å²) < 4.78 is 96.0. The highest BCUT2D eigenvalue weighted by molar-refractivity contribution is 5.80. The quantitative estimate of drug-likeness (QED) is 0.517. The summed E-state index contributed by atoms with van der Waals surface area (Å²) in [7, 11) is 0. The highest BCUT2D eigenvalue weighted by Gasteiger charge is 2.39. The minimum absolute atomic E-state index is 0.0110. The smallest absolute Gasteiger partial charge is 0.395 e. The van der Waals surface area contributed by atoms with Crippen molar-refractivity contribution in [1.29, 1.82) is 0 Å². The Labute approximate surface area is 189 Å². The summed E-state index contributed by atoms with van der Waals surface area (Å²) in [5.74, 6) is -0.814. The van der Waals surface area contributed by atoms with Crippen LogP contribution in [-0.4, -0.2) is 56.9 Å². The molecule has 0 bridgehead atoms. The number of aliphatic hydroxyl groups is 1. The van der Waals surface area contributed by atoms with Gasteiger partial charge in [-0.15, -0.1) is 10.2 Å². The van der Waals surface area contributed by atoms with Crippen LogP contribution in [0.4, 0.5) is 36.7 Å². The molecule has 1 saturated heterocycles. The van der Waals surface area contributed by atoms with Gasteiger partial charge < -0.3 is 10.4 Å². The van der Waals surface area contributed by atoms with Crippen LogP contribution in [0.5, 0.6) is 0 Å². The third kappa shape index (κ3) is 4.80. The maximum absolute atomic E-state index is 14.7. The molecule has 0 radical (unpaired) electrons. The van der Waals surface area contributed by atoms with E-state index in [0.29, 0.717) is 25.2 Å². The monoisotopic (exact) mass is 491 g/mol. The van der Waals surface area contributed by atoms with Gasteiger partial charge in [-0.1, -0.05) is 6.07 Å². The summed E-state index contributed by atoms with van der Waals surface area (Å²) in [6, 6.07) is 1.99. The zero-order valence-corrected chi connectivity index (χ0v) is 17.6. The summed E-state index contributed by atoms with van der Waals surface area (Å²) in [6.07, 6.45) is -7.30. The molecule has 4 rings (SSSR count). The van der Waals surface area contributed by atoms with Gasteiger partial charge in [-0.25, -0.2) is 4.39 Å². The second kappa shape index (κ2) is 9.02. The molecule has 1 aliphatic rings. The van der Waals surface area contributed by atoms with Crippen LogP contribution in [-0.2, 0) is 12.4 Å². The lowest BCUT2D eigenvalue weighted by Crippen LogP contribution is -2.43. The first-order chi connectivity index (χ1) is 16.0. The van der Waals surface area contributed by atoms with Gasteiger partial charge in [0.25, 0.3) is 0 Å². The number of aliphatic hydroxyl groups excluding tert-OH is 1. The topological polar surface area (TPSA) is 65.7 Å². The van der Waals surface area contributed by atoms with Crippen LogP contribution in [0.1, 0.15) is 24.0 Å². The zero-order valence-electron chi connectivity index (χ0n) is 17.6. The average Bonchev–Trinajstić information content (AvgIpc) is 3.15. The SMILES string of the molecule is OCCN1CCC[C@@H](Nc2nnc(-c3ccc(C(F)(F)F)cc3C(F)(F)F)c3c(F)ccn23)C1. The summed E-state index contributed by atoms with van der Waals surface area (Å²) in [6.45, 7) is 1.82. The summed E-state index contributed by atoms with van der Waals surface area (Å²) in [5.41, 5.74) is -4.66. The molecule has 2 N–H and O–H groups in total. The molecule has 0 unspecified atom stereocenters. The number of alkyl halides is 6. The van der Waals surface area contributed by atoms with E-state index in [2.05, 4.69) is 15.5 Å². The van der Waals surface area contributed by atoms with E-state index in [-0.39, 0.29) is 30.2 Å². The number of fused-ring (bicyclic) bond motifs is 1. The van der Waals surface area contributed by atoms with E-state index >= 15 is 0 Å². The largest absolute Gasteiger partial charge is 0.417 e. The Kier molecular flexibility index (Phi) is 6.42. The predicted octanol–water partition coefficient (Wildman–Crippen LogP) is 4.44. The molecule has 3 aromatic rings. The molecule has 6 nitrogen and oxygen atoms in total. The number of nitrogens with zero attached hydrogens (tertiary/aromatic N) is 4. The van der Waals surface area contributed by atoms with Gasteiger partial charge in [0.05, 0.1) is 17.7 Å². The summed E-state index contributed by atoms with van der Waals surface area (Å²) >= 11 is 0. The van der Waals surface area contributed by atoms with E-state index in [1.165, 1.54) is 10.6 Å². The number of hydrogen-bond acceptors (Lipinski definition) is 5. The molecular formula is C21H20F7N5O. The number of nitrogens with one attached hydrogen (secondary N) is 1. The first-order valence-corrected chi connectivity index (χ1v) is 10.4. The summed E-state index contributed by atoms with van der Waals surface area (Å²) in [4.78, 5) is 2.02. The number of anilines is 1. The van der Waals surface area contributed by atoms with Crippen molar-refractivity contribution in [2.24, 2.45) is 0 Å². The van der Waals surface area contributed by atoms with Crippen molar-refractivity contribution < 1.29 is 35.8 Å². The van der Waals surface area contributed by atoms with Crippen molar-refractivity contribution in [3.05, 3.63) is 47.4 Å². The Hall–Kier alpha value is -2.93. The minimum atomic E-state index is -5.15. The Morgan fingerprint density at radius 3 is 2.50 bits per heavy atom. The van der Waals surface area contributed by atoms with Gasteiger partial charge in [-0.2, -0.15) is 26.3 Å². The van der Waals surface area contributed by atoms with Crippen LogP contribution >= 0.6 is 0 Å². The fourth-order valence-electron chi connectivity index (χ4n) is 4.15. The fourth-order valence-corrected chi connectivity index (χ4v) is 4.15. The van der Waals surface area contributed by atoms with Crippen molar-refractivity contribution in [3.8, 4) is 11.3 Å². The minimum Gasteiger partial charge on any atom is -0.395 e. The molecule has 1 atom stereocenters. The van der Waals surface area contributed by atoms with Crippen LogP contribution in [0.15, 0.2) is 30.5 Å². The second-order valence-electron chi connectivity index (χ2n) is 8.02. The number of rotatable bonds is 5. The molecular weight excluding hydrogens is 471 g/mol. The van der Waals surface area contributed by atoms with Crippen LogP contribution in [0, 0.1) is 5.82 Å². The van der Waals surface area contributed by atoms with E-state index in [1.54, 1.807) is 0 Å². The molecule has 0 aliphatic carbocycles. The fraction of sp³-hybridized carbons (Fsp3) is 0.429. The standard InChI is InChI=1S/C21H20F7N5O/c22-16-5-7-33-18(16)17(14-4-3-12(20(23,24)25)10-15(14)21(26,27)28)30-31-19(33)29-13-2-1-6-32(11-13)8-9-34/h3-5,7,10,13,34H,1-2,6,8-9,11H2,(H,29,31)/t13-/m1/s1. The molecule has 1 aromatic carbocycles. The van der Waals surface area contributed by atoms with E-state index in [4.69, 9.17) is 5.11 Å². The normalized spacial score (nSPS) is 17.9. The first kappa shape index (κ1) is 24.2. The number of hydrogen-bond donors (Lipinski definition) is 2. The highest BCUT2D eigenvalue weighted by atomic mass is 19.4. The van der Waals surface area contributed by atoms with Crippen LogP contribution in [0.3, 0.4) is 0 Å². The number of β-amino-alcohol motifs (C(OH)–C–C–N with tert-alkyl or cyclic N) is 1. The lowest BCUT2D eigenvalue weighted by molar-refractivity contribution is -0.142. The molecule has 13 heteroatoms. The van der Waals surface area contributed by atoms with Gasteiger partial charge in [-0.3, -0.25) is 9.30 Å². The maximum Gasteiger partial charge on any atom is 0.417 e. The molecule has 0 saturated carbocycles. The van der Waals surface area contributed by atoms with Crippen molar-refractivity contribution in [2.45, 2.75) is 31.2 Å². The Morgan fingerprint density at radius 2 is 1.82 bits per heavy atom. The van der Waals surface area contributed by atoms with Crippen molar-refractivity contribution in [3.63, 3.8) is 0 Å². The molecule has 3 heterocycles. The average molecular weight is 491 g/mol. The van der Waals surface area contributed by atoms with E-state index in [9.17, 15) is 30.7 Å². The first-order valence-electron chi connectivity index (χ1n) is 10.4. The number of likely N-dealkylation sites (tertiary alicyclic amines) is 1. The molecule has 0 spiro atoms.